The summed E-state index contributed by atoms with van der Waals surface area (Å²) in [7, 11) is 0. The number of nitrogen functional groups attached to an aromatic ring is 1. The van der Waals surface area contributed by atoms with Gasteiger partial charge in [0.05, 0.1) is 28.2 Å². The van der Waals surface area contributed by atoms with Crippen LogP contribution in [0.2, 0.25) is 0 Å². The lowest BCUT2D eigenvalue weighted by Gasteiger charge is -2.29. The number of likely N-dealkylation sites (tertiary alicyclic amines) is 1. The van der Waals surface area contributed by atoms with E-state index >= 15 is 0 Å². The van der Waals surface area contributed by atoms with Crippen LogP contribution in [-0.2, 0) is 4.74 Å². The molecule has 1 aromatic heterocycles. The Morgan fingerprint density at radius 1 is 1.34 bits per heavy atom. The van der Waals surface area contributed by atoms with Crippen LogP contribution < -0.4 is 5.73 Å². The van der Waals surface area contributed by atoms with E-state index in [0.717, 1.165) is 19.3 Å². The van der Waals surface area contributed by atoms with Crippen molar-refractivity contribution in [3.05, 3.63) is 23.3 Å². The standard InChI is InChI=1S/C20H25N5O4/c1-20(2,3)29-19(28)24-7-5-4-6-14(11-24)25-16-13(10-21)8-12(17(26)27)9-15(16)23-18(25)22/h8-9,14H,4-7,11H2,1-3H3,(H2,22,23)(H,26,27). The lowest BCUT2D eigenvalue weighted by molar-refractivity contribution is 0.0238. The fourth-order valence-electron chi connectivity index (χ4n) is 3.65. The summed E-state index contributed by atoms with van der Waals surface area (Å²) in [5.41, 5.74) is 6.59. The van der Waals surface area contributed by atoms with Crippen LogP contribution in [0.25, 0.3) is 11.0 Å². The van der Waals surface area contributed by atoms with E-state index in [1.165, 1.54) is 12.1 Å². The summed E-state index contributed by atoms with van der Waals surface area (Å²) in [6, 6.07) is 4.59. The quantitative estimate of drug-likeness (QED) is 0.792. The first-order valence-electron chi connectivity index (χ1n) is 9.53. The molecule has 0 bridgehead atoms. The number of fused-ring (bicyclic) bond motifs is 1. The highest BCUT2D eigenvalue weighted by Crippen LogP contribution is 2.32. The molecular weight excluding hydrogens is 374 g/mol. The van der Waals surface area contributed by atoms with Gasteiger partial charge in [0.25, 0.3) is 0 Å². The molecule has 1 fully saturated rings. The highest BCUT2D eigenvalue weighted by Gasteiger charge is 2.29. The molecule has 1 saturated heterocycles. The Morgan fingerprint density at radius 3 is 2.69 bits per heavy atom. The Labute approximate surface area is 168 Å². The number of rotatable bonds is 2. The molecule has 1 unspecified atom stereocenters. The van der Waals surface area contributed by atoms with Crippen molar-refractivity contribution in [3.8, 4) is 6.07 Å². The number of carbonyl (C=O) groups excluding carboxylic acids is 1. The van der Waals surface area contributed by atoms with E-state index in [1.54, 1.807) is 9.47 Å². The minimum atomic E-state index is -1.14. The van der Waals surface area contributed by atoms with Crippen LogP contribution in [0.5, 0.6) is 0 Å². The molecule has 154 valence electrons. The molecule has 3 N–H and O–H groups in total. The van der Waals surface area contributed by atoms with Gasteiger partial charge in [-0.05, 0) is 52.2 Å². The molecule has 0 spiro atoms. The van der Waals surface area contributed by atoms with E-state index in [2.05, 4.69) is 11.1 Å². The zero-order valence-electron chi connectivity index (χ0n) is 16.8. The van der Waals surface area contributed by atoms with Crippen LogP contribution in [0.1, 0.15) is 62.0 Å². The summed E-state index contributed by atoms with van der Waals surface area (Å²) < 4.78 is 7.27. The number of ether oxygens (including phenoxy) is 1. The van der Waals surface area contributed by atoms with Crippen molar-refractivity contribution in [2.45, 2.75) is 51.7 Å². The van der Waals surface area contributed by atoms with Gasteiger partial charge in [0.2, 0.25) is 5.95 Å². The number of nitrogens with two attached hydrogens (primary N) is 1. The Bertz CT molecular complexity index is 999. The van der Waals surface area contributed by atoms with Crippen LogP contribution in [0.4, 0.5) is 10.7 Å². The Kier molecular flexibility index (Phi) is 5.38. The van der Waals surface area contributed by atoms with E-state index in [4.69, 9.17) is 10.5 Å². The van der Waals surface area contributed by atoms with E-state index in [-0.39, 0.29) is 29.2 Å². The molecule has 9 heteroatoms. The molecule has 2 aromatic rings. The van der Waals surface area contributed by atoms with Gasteiger partial charge in [0.15, 0.2) is 0 Å². The first-order chi connectivity index (χ1) is 13.6. The SMILES string of the molecule is CC(C)(C)OC(=O)N1CCCCC(n2c(N)nc3cc(C(=O)O)cc(C#N)c32)C1. The average Bonchev–Trinajstić information content (AvgIpc) is 2.79. The number of carboxylic acids is 1. The fraction of sp³-hybridized carbons (Fsp3) is 0.500. The monoisotopic (exact) mass is 399 g/mol. The summed E-state index contributed by atoms with van der Waals surface area (Å²) in [5, 5.41) is 18.9. The maximum atomic E-state index is 12.6. The predicted molar refractivity (Wildman–Crippen MR) is 107 cm³/mol. The van der Waals surface area contributed by atoms with Crippen LogP contribution in [0, 0.1) is 11.3 Å². The minimum Gasteiger partial charge on any atom is -0.478 e. The zero-order chi connectivity index (χ0) is 21.3. The number of aromatic nitrogens is 2. The third kappa shape index (κ3) is 4.26. The summed E-state index contributed by atoms with van der Waals surface area (Å²) >= 11 is 0. The lowest BCUT2D eigenvalue weighted by atomic mass is 10.1. The highest BCUT2D eigenvalue weighted by atomic mass is 16.6. The van der Waals surface area contributed by atoms with Gasteiger partial charge in [-0.3, -0.25) is 0 Å². The maximum Gasteiger partial charge on any atom is 0.410 e. The van der Waals surface area contributed by atoms with Gasteiger partial charge in [-0.25, -0.2) is 14.6 Å². The van der Waals surface area contributed by atoms with Crippen LogP contribution in [-0.4, -0.2) is 50.3 Å². The van der Waals surface area contributed by atoms with E-state index in [9.17, 15) is 20.0 Å². The van der Waals surface area contributed by atoms with E-state index < -0.39 is 11.6 Å². The molecule has 1 aliphatic rings. The number of nitriles is 1. The minimum absolute atomic E-state index is 0.0186. The molecule has 1 atom stereocenters. The lowest BCUT2D eigenvalue weighted by Crippen LogP contribution is -2.39. The molecule has 2 heterocycles. The van der Waals surface area contributed by atoms with Crippen molar-refractivity contribution in [1.82, 2.24) is 14.5 Å². The molecule has 1 aromatic carbocycles. The predicted octanol–water partition coefficient (Wildman–Crippen LogP) is 3.15. The number of hydrogen-bond acceptors (Lipinski definition) is 6. The highest BCUT2D eigenvalue weighted by molar-refractivity contribution is 5.95. The number of nitrogens with zero attached hydrogens (tertiary/aromatic N) is 4. The molecule has 29 heavy (non-hydrogen) atoms. The number of aromatic carboxylic acids is 1. The average molecular weight is 399 g/mol. The number of amides is 1. The molecule has 0 saturated carbocycles. The van der Waals surface area contributed by atoms with Gasteiger partial charge >= 0.3 is 12.1 Å². The number of carbonyl (C=O) groups is 2. The van der Waals surface area contributed by atoms with Crippen LogP contribution >= 0.6 is 0 Å². The molecule has 1 amide bonds. The Hall–Kier alpha value is -3.28. The zero-order valence-corrected chi connectivity index (χ0v) is 16.8. The van der Waals surface area contributed by atoms with Crippen molar-refractivity contribution in [2.75, 3.05) is 18.8 Å². The second-order valence-corrected chi connectivity index (χ2v) is 8.22. The largest absolute Gasteiger partial charge is 0.478 e. The fourth-order valence-corrected chi connectivity index (χ4v) is 3.65. The van der Waals surface area contributed by atoms with Crippen molar-refractivity contribution in [1.29, 1.82) is 5.26 Å². The molecule has 0 aliphatic carbocycles. The van der Waals surface area contributed by atoms with Crippen molar-refractivity contribution >= 4 is 29.0 Å². The summed E-state index contributed by atoms with van der Waals surface area (Å²) in [6.45, 7) is 6.41. The van der Waals surface area contributed by atoms with Crippen molar-refractivity contribution < 1.29 is 19.4 Å². The number of imidazole rings is 1. The van der Waals surface area contributed by atoms with Crippen LogP contribution in [0.3, 0.4) is 0 Å². The first-order valence-corrected chi connectivity index (χ1v) is 9.53. The maximum absolute atomic E-state index is 12.6. The van der Waals surface area contributed by atoms with Gasteiger partial charge in [-0.15, -0.1) is 0 Å². The summed E-state index contributed by atoms with van der Waals surface area (Å²) in [5.74, 6) is -0.947. The molecule has 0 radical (unpaired) electrons. The summed E-state index contributed by atoms with van der Waals surface area (Å²) in [4.78, 5) is 29.9. The normalized spacial score (nSPS) is 17.6. The number of carboxylic acid groups (broad SMARTS) is 1. The molecular formula is C20H25N5O4. The van der Waals surface area contributed by atoms with Gasteiger partial charge in [-0.2, -0.15) is 5.26 Å². The summed E-state index contributed by atoms with van der Waals surface area (Å²) in [6.07, 6.45) is 2.07. The second kappa shape index (κ2) is 7.62. The van der Waals surface area contributed by atoms with Crippen LogP contribution in [0.15, 0.2) is 12.1 Å². The smallest absolute Gasteiger partial charge is 0.410 e. The molecule has 3 rings (SSSR count). The molecule has 1 aliphatic heterocycles. The van der Waals surface area contributed by atoms with Crippen molar-refractivity contribution in [3.63, 3.8) is 0 Å². The van der Waals surface area contributed by atoms with E-state index in [1.807, 2.05) is 20.8 Å². The van der Waals surface area contributed by atoms with Gasteiger partial charge in [0, 0.05) is 13.1 Å². The van der Waals surface area contributed by atoms with Gasteiger partial charge in [-0.1, -0.05) is 0 Å². The number of benzene rings is 1. The topological polar surface area (TPSA) is 134 Å². The van der Waals surface area contributed by atoms with Gasteiger partial charge < -0.3 is 25.0 Å². The first kappa shape index (κ1) is 20.5. The van der Waals surface area contributed by atoms with Gasteiger partial charge in [0.1, 0.15) is 11.7 Å². The van der Waals surface area contributed by atoms with E-state index in [0.29, 0.717) is 24.1 Å². The Balaban J connectivity index is 2.02. The Morgan fingerprint density at radius 2 is 2.07 bits per heavy atom. The molecule has 9 nitrogen and oxygen atoms in total. The number of hydrogen-bond donors (Lipinski definition) is 2. The third-order valence-corrected chi connectivity index (χ3v) is 4.84. The third-order valence-electron chi connectivity index (χ3n) is 4.84. The number of anilines is 1. The van der Waals surface area contributed by atoms with Crippen molar-refractivity contribution in [2.24, 2.45) is 0 Å². The second-order valence-electron chi connectivity index (χ2n) is 8.22.